The van der Waals surface area contributed by atoms with Crippen molar-refractivity contribution in [2.24, 2.45) is 11.3 Å². The topological polar surface area (TPSA) is 0 Å². The van der Waals surface area contributed by atoms with Crippen molar-refractivity contribution < 1.29 is 0 Å². The van der Waals surface area contributed by atoms with E-state index in [0.29, 0.717) is 0 Å². The van der Waals surface area contributed by atoms with Gasteiger partial charge in [-0.3, -0.25) is 0 Å². The fourth-order valence-electron chi connectivity index (χ4n) is 1.44. The van der Waals surface area contributed by atoms with Crippen molar-refractivity contribution >= 4 is 0 Å². The van der Waals surface area contributed by atoms with Gasteiger partial charge in [-0.05, 0) is 18.3 Å². The van der Waals surface area contributed by atoms with Crippen molar-refractivity contribution in [3.8, 4) is 0 Å². The summed E-state index contributed by atoms with van der Waals surface area (Å²) in [6, 6.07) is 0. The Bertz CT molecular complexity index is 108. The lowest BCUT2D eigenvalue weighted by atomic mass is 9.79. The van der Waals surface area contributed by atoms with E-state index in [1.54, 1.807) is 0 Å². The molecule has 13 heavy (non-hydrogen) atoms. The van der Waals surface area contributed by atoms with E-state index in [0.717, 1.165) is 5.92 Å². The van der Waals surface area contributed by atoms with Crippen LogP contribution in [0.5, 0.6) is 0 Å². The molecule has 0 nitrogen and oxygen atoms in total. The zero-order chi connectivity index (χ0) is 10.3. The molecular weight excluding hydrogens is 156 g/mol. The van der Waals surface area contributed by atoms with Crippen LogP contribution in [0.1, 0.15) is 66.2 Å². The van der Waals surface area contributed by atoms with E-state index in [1.807, 2.05) is 0 Å². The van der Waals surface area contributed by atoms with E-state index in [1.165, 1.54) is 38.5 Å². The van der Waals surface area contributed by atoms with Gasteiger partial charge in [-0.15, -0.1) is 0 Å². The van der Waals surface area contributed by atoms with Gasteiger partial charge in [0.25, 0.3) is 0 Å². The highest BCUT2D eigenvalue weighted by molar-refractivity contribution is 4.76. The van der Waals surface area contributed by atoms with E-state index in [2.05, 4.69) is 34.6 Å². The van der Waals surface area contributed by atoms with Gasteiger partial charge in [0.15, 0.2) is 0 Å². The highest BCUT2D eigenvalue weighted by atomic mass is 14.2. The number of rotatable bonds is 7. The Labute approximate surface area is 85.1 Å². The third-order valence-corrected chi connectivity index (χ3v) is 3.07. The van der Waals surface area contributed by atoms with Crippen LogP contribution in [0.25, 0.3) is 0 Å². The Morgan fingerprint density at radius 2 is 1.62 bits per heavy atom. The van der Waals surface area contributed by atoms with Gasteiger partial charge < -0.3 is 0 Å². The summed E-state index contributed by atoms with van der Waals surface area (Å²) in [5, 5.41) is 0. The molecule has 1 atom stereocenters. The first-order chi connectivity index (χ1) is 5.98. The summed E-state index contributed by atoms with van der Waals surface area (Å²) in [6.07, 6.45) is 8.31. The van der Waals surface area contributed by atoms with E-state index >= 15 is 0 Å². The van der Waals surface area contributed by atoms with Crippen molar-refractivity contribution in [2.75, 3.05) is 0 Å². The van der Waals surface area contributed by atoms with Crippen molar-refractivity contribution in [1.29, 1.82) is 0 Å². The minimum absolute atomic E-state index is 0.255. The summed E-state index contributed by atoms with van der Waals surface area (Å²) >= 11 is 0. The fourth-order valence-corrected chi connectivity index (χ4v) is 1.44. The molecule has 0 aromatic carbocycles. The first-order valence-corrected chi connectivity index (χ1v) is 5.83. The molecule has 0 heterocycles. The number of hydrogen-bond acceptors (Lipinski definition) is 0. The van der Waals surface area contributed by atoms with Crippen LogP contribution in [-0.2, 0) is 0 Å². The molecule has 0 amide bonds. The van der Waals surface area contributed by atoms with Gasteiger partial charge in [0.05, 0.1) is 0 Å². The second-order valence-electron chi connectivity index (χ2n) is 5.09. The third-order valence-electron chi connectivity index (χ3n) is 3.07. The maximum atomic E-state index is 4.19. The van der Waals surface area contributed by atoms with E-state index in [4.69, 9.17) is 0 Å². The quantitative estimate of drug-likeness (QED) is 0.495. The average Bonchev–Trinajstić information content (AvgIpc) is 2.02. The van der Waals surface area contributed by atoms with Crippen LogP contribution >= 0.6 is 0 Å². The third kappa shape index (κ3) is 7.10. The Balaban J connectivity index is 3.32. The van der Waals surface area contributed by atoms with Crippen LogP contribution in [0.4, 0.5) is 0 Å². The Kier molecular flexibility index (Phi) is 6.45. The molecule has 0 N–H and O–H groups in total. The zero-order valence-corrected chi connectivity index (χ0v) is 10.0. The number of hydrogen-bond donors (Lipinski definition) is 0. The van der Waals surface area contributed by atoms with Crippen LogP contribution in [0.3, 0.4) is 0 Å². The van der Waals surface area contributed by atoms with Crippen LogP contribution in [0.15, 0.2) is 0 Å². The lowest BCUT2D eigenvalue weighted by molar-refractivity contribution is 0.277. The van der Waals surface area contributed by atoms with Crippen LogP contribution < -0.4 is 0 Å². The number of unbranched alkanes of at least 4 members (excludes halogenated alkanes) is 4. The molecule has 1 unspecified atom stereocenters. The summed E-state index contributed by atoms with van der Waals surface area (Å²) in [4.78, 5) is 0. The van der Waals surface area contributed by atoms with Gasteiger partial charge >= 0.3 is 0 Å². The van der Waals surface area contributed by atoms with Gasteiger partial charge in [0.2, 0.25) is 0 Å². The summed E-state index contributed by atoms with van der Waals surface area (Å²) in [7, 11) is 0. The predicted molar refractivity (Wildman–Crippen MR) is 61.7 cm³/mol. The van der Waals surface area contributed by atoms with Gasteiger partial charge in [-0.2, -0.15) is 0 Å². The fraction of sp³-hybridized carbons (Fsp3) is 0.923. The highest BCUT2D eigenvalue weighted by Crippen LogP contribution is 2.29. The molecular formula is C13H27. The molecule has 0 heteroatoms. The van der Waals surface area contributed by atoms with Crippen LogP contribution in [-0.4, -0.2) is 0 Å². The molecule has 0 rings (SSSR count). The van der Waals surface area contributed by atoms with Crippen molar-refractivity contribution in [3.05, 3.63) is 6.92 Å². The maximum absolute atomic E-state index is 4.19. The molecule has 0 spiro atoms. The standard InChI is InChI=1S/C13H27/c1-6-7-8-9-10-11-12(2)13(3,4)5/h12H,3,6-11H2,1-2,4-5H3. The van der Waals surface area contributed by atoms with Crippen molar-refractivity contribution in [3.63, 3.8) is 0 Å². The largest absolute Gasteiger partial charge is 0.0654 e. The summed E-state index contributed by atoms with van der Waals surface area (Å²) in [5.41, 5.74) is 0.255. The second kappa shape index (κ2) is 6.45. The Morgan fingerprint density at radius 3 is 2.08 bits per heavy atom. The van der Waals surface area contributed by atoms with E-state index < -0.39 is 0 Å². The monoisotopic (exact) mass is 183 g/mol. The molecule has 0 saturated carbocycles. The second-order valence-corrected chi connectivity index (χ2v) is 5.09. The first-order valence-electron chi connectivity index (χ1n) is 5.83. The Hall–Kier alpha value is 0. The average molecular weight is 183 g/mol. The zero-order valence-electron chi connectivity index (χ0n) is 10.0. The summed E-state index contributed by atoms with van der Waals surface area (Å²) < 4.78 is 0. The lowest BCUT2D eigenvalue weighted by Crippen LogP contribution is -2.17. The minimum atomic E-state index is 0.255. The lowest BCUT2D eigenvalue weighted by Gasteiger charge is -2.26. The van der Waals surface area contributed by atoms with E-state index in [9.17, 15) is 0 Å². The minimum Gasteiger partial charge on any atom is -0.0654 e. The van der Waals surface area contributed by atoms with Gasteiger partial charge in [0, 0.05) is 0 Å². The molecule has 0 fully saturated rings. The smallest absolute Gasteiger partial charge is 0.0328 e. The van der Waals surface area contributed by atoms with Gasteiger partial charge in [-0.1, -0.05) is 66.2 Å². The molecule has 0 aliphatic heterocycles. The Morgan fingerprint density at radius 1 is 1.08 bits per heavy atom. The van der Waals surface area contributed by atoms with Crippen LogP contribution in [0, 0.1) is 18.3 Å². The van der Waals surface area contributed by atoms with Crippen molar-refractivity contribution in [2.45, 2.75) is 66.2 Å². The molecule has 0 aromatic rings. The molecule has 0 aliphatic carbocycles. The predicted octanol–water partition coefficient (Wildman–Crippen LogP) is 4.84. The SMILES string of the molecule is [CH2]C(C)(C)C(C)CCCCCCC. The van der Waals surface area contributed by atoms with Crippen molar-refractivity contribution in [1.82, 2.24) is 0 Å². The summed E-state index contributed by atoms with van der Waals surface area (Å²) in [5.74, 6) is 0.758. The van der Waals surface area contributed by atoms with Crippen LogP contribution in [0.2, 0.25) is 0 Å². The highest BCUT2D eigenvalue weighted by Gasteiger charge is 2.18. The normalized spacial score (nSPS) is 14.5. The summed E-state index contributed by atoms with van der Waals surface area (Å²) in [6.45, 7) is 13.3. The molecule has 1 radical (unpaired) electrons. The van der Waals surface area contributed by atoms with Gasteiger partial charge in [-0.25, -0.2) is 0 Å². The molecule has 0 aromatic heterocycles. The van der Waals surface area contributed by atoms with E-state index in [-0.39, 0.29) is 5.41 Å². The maximum Gasteiger partial charge on any atom is -0.0328 e. The molecule has 0 aliphatic rings. The molecule has 0 saturated heterocycles. The molecule has 0 bridgehead atoms. The first kappa shape index (κ1) is 13.0. The molecule has 79 valence electrons. The van der Waals surface area contributed by atoms with Gasteiger partial charge in [0.1, 0.15) is 0 Å².